The van der Waals surface area contributed by atoms with Crippen LogP contribution in [0.25, 0.3) is 0 Å². The Hall–Kier alpha value is -2.21. The van der Waals surface area contributed by atoms with Gasteiger partial charge in [0.25, 0.3) is 0 Å². The second kappa shape index (κ2) is 11.3. The highest BCUT2D eigenvalue weighted by Crippen LogP contribution is 2.39. The summed E-state index contributed by atoms with van der Waals surface area (Å²) in [6.45, 7) is 1.74. The molecule has 6 heteroatoms. The summed E-state index contributed by atoms with van der Waals surface area (Å²) in [4.78, 5) is 0. The summed E-state index contributed by atoms with van der Waals surface area (Å²) < 4.78 is 71.6. The minimum Gasteiger partial charge on any atom is -0.316 e. The summed E-state index contributed by atoms with van der Waals surface area (Å²) >= 11 is 0. The van der Waals surface area contributed by atoms with Crippen LogP contribution < -0.4 is 0 Å². The Morgan fingerprint density at radius 3 is 2.03 bits per heavy atom. The van der Waals surface area contributed by atoms with Gasteiger partial charge >= 0.3 is 12.3 Å². The molecule has 0 N–H and O–H groups in total. The van der Waals surface area contributed by atoms with Gasteiger partial charge in [-0.3, -0.25) is 0 Å². The first-order valence-electron chi connectivity index (χ1n) is 11.6. The van der Waals surface area contributed by atoms with Crippen LogP contribution in [0.15, 0.2) is 60.7 Å². The van der Waals surface area contributed by atoms with E-state index >= 15 is 0 Å². The van der Waals surface area contributed by atoms with Crippen LogP contribution in [0.5, 0.6) is 0 Å². The lowest BCUT2D eigenvalue weighted by molar-refractivity contribution is -0.248. The maximum Gasteiger partial charge on any atom is 0.416 e. The smallest absolute Gasteiger partial charge is 0.316 e. The zero-order chi connectivity index (χ0) is 23.9. The quantitative estimate of drug-likeness (QED) is 0.265. The Bertz CT molecular complexity index is 876. The Morgan fingerprint density at radius 1 is 0.848 bits per heavy atom. The van der Waals surface area contributed by atoms with Gasteiger partial charge in [-0.25, -0.2) is 0 Å². The molecule has 2 aromatic carbocycles. The number of alkyl halides is 5. The van der Waals surface area contributed by atoms with Crippen LogP contribution in [0.4, 0.5) is 22.0 Å². The maximum absolute atomic E-state index is 14.5. The fourth-order valence-electron chi connectivity index (χ4n) is 4.47. The molecule has 1 nitrogen and oxygen atoms in total. The van der Waals surface area contributed by atoms with Crippen LogP contribution >= 0.6 is 0 Å². The number of hydrogen-bond donors (Lipinski definition) is 0. The molecule has 33 heavy (non-hydrogen) atoms. The van der Waals surface area contributed by atoms with Crippen molar-refractivity contribution in [2.75, 3.05) is 6.61 Å². The third kappa shape index (κ3) is 7.39. The lowest BCUT2D eigenvalue weighted by Gasteiger charge is -2.29. The van der Waals surface area contributed by atoms with Crippen LogP contribution in [0, 0.1) is 5.92 Å². The molecule has 0 aliphatic heterocycles. The monoisotopic (exact) mass is 466 g/mol. The van der Waals surface area contributed by atoms with E-state index in [0.717, 1.165) is 42.9 Å². The lowest BCUT2D eigenvalue weighted by Crippen LogP contribution is -2.20. The van der Waals surface area contributed by atoms with Crippen molar-refractivity contribution in [1.82, 2.24) is 0 Å². The Balaban J connectivity index is 1.48. The molecule has 1 aliphatic carbocycles. The SMILES string of the molecule is C/C=C/CCC1CCC(c2ccc(C(F)(F)OCCc3ccc(C(F)(F)F)cc3)cc2)CC1. The number of ether oxygens (including phenoxy) is 1. The summed E-state index contributed by atoms with van der Waals surface area (Å²) in [5.74, 6) is 1.16. The molecule has 0 atom stereocenters. The third-order valence-electron chi connectivity index (χ3n) is 6.50. The van der Waals surface area contributed by atoms with E-state index in [4.69, 9.17) is 4.74 Å². The van der Waals surface area contributed by atoms with E-state index in [0.29, 0.717) is 11.5 Å². The lowest BCUT2D eigenvalue weighted by atomic mass is 9.77. The largest absolute Gasteiger partial charge is 0.416 e. The molecule has 0 radical (unpaired) electrons. The topological polar surface area (TPSA) is 9.23 Å². The van der Waals surface area contributed by atoms with Gasteiger partial charge in [0.2, 0.25) is 0 Å². The molecular formula is C27H31F5O. The maximum atomic E-state index is 14.5. The van der Waals surface area contributed by atoms with Gasteiger partial charge in [0.15, 0.2) is 0 Å². The highest BCUT2D eigenvalue weighted by Gasteiger charge is 2.33. The molecule has 0 heterocycles. The van der Waals surface area contributed by atoms with Crippen LogP contribution in [-0.2, 0) is 23.4 Å². The van der Waals surface area contributed by atoms with Crippen molar-refractivity contribution in [2.45, 2.75) is 70.1 Å². The van der Waals surface area contributed by atoms with E-state index in [1.165, 1.54) is 43.5 Å². The van der Waals surface area contributed by atoms with Gasteiger partial charge in [-0.2, -0.15) is 22.0 Å². The molecular weight excluding hydrogens is 435 g/mol. The number of rotatable bonds is 9. The van der Waals surface area contributed by atoms with Crippen molar-refractivity contribution in [3.05, 3.63) is 82.9 Å². The number of benzene rings is 2. The predicted molar refractivity (Wildman–Crippen MR) is 120 cm³/mol. The fourth-order valence-corrected chi connectivity index (χ4v) is 4.47. The average molecular weight is 467 g/mol. The number of hydrogen-bond acceptors (Lipinski definition) is 1. The second-order valence-corrected chi connectivity index (χ2v) is 8.80. The first-order valence-corrected chi connectivity index (χ1v) is 11.6. The summed E-state index contributed by atoms with van der Waals surface area (Å²) in [6, 6.07) is 10.9. The van der Waals surface area contributed by atoms with Gasteiger partial charge in [-0.1, -0.05) is 48.6 Å². The zero-order valence-corrected chi connectivity index (χ0v) is 18.9. The molecule has 3 rings (SSSR count). The molecule has 0 aromatic heterocycles. The van der Waals surface area contributed by atoms with E-state index in [2.05, 4.69) is 12.2 Å². The minimum atomic E-state index is -4.42. The van der Waals surface area contributed by atoms with Crippen molar-refractivity contribution in [3.8, 4) is 0 Å². The van der Waals surface area contributed by atoms with Crippen LogP contribution in [0.2, 0.25) is 0 Å². The van der Waals surface area contributed by atoms with Gasteiger partial charge in [-0.05, 0) is 87.0 Å². The van der Waals surface area contributed by atoms with E-state index in [9.17, 15) is 22.0 Å². The summed E-state index contributed by atoms with van der Waals surface area (Å²) in [7, 11) is 0. The van der Waals surface area contributed by atoms with Gasteiger partial charge in [0, 0.05) is 0 Å². The van der Waals surface area contributed by atoms with E-state index in [-0.39, 0.29) is 18.6 Å². The molecule has 0 bridgehead atoms. The van der Waals surface area contributed by atoms with Crippen LogP contribution in [-0.4, -0.2) is 6.61 Å². The zero-order valence-electron chi connectivity index (χ0n) is 18.9. The summed E-state index contributed by atoms with van der Waals surface area (Å²) in [5, 5.41) is 0. The van der Waals surface area contributed by atoms with Crippen molar-refractivity contribution in [2.24, 2.45) is 5.92 Å². The van der Waals surface area contributed by atoms with E-state index in [1.807, 2.05) is 6.92 Å². The van der Waals surface area contributed by atoms with Crippen molar-refractivity contribution in [3.63, 3.8) is 0 Å². The molecule has 0 unspecified atom stereocenters. The van der Waals surface area contributed by atoms with Crippen molar-refractivity contribution in [1.29, 1.82) is 0 Å². The Kier molecular flexibility index (Phi) is 8.69. The Morgan fingerprint density at radius 2 is 1.45 bits per heavy atom. The van der Waals surface area contributed by atoms with Gasteiger partial charge < -0.3 is 4.74 Å². The number of allylic oxidation sites excluding steroid dienone is 2. The molecule has 0 amide bonds. The first kappa shape index (κ1) is 25.4. The second-order valence-electron chi connectivity index (χ2n) is 8.80. The van der Waals surface area contributed by atoms with Crippen molar-refractivity contribution >= 4 is 0 Å². The van der Waals surface area contributed by atoms with E-state index in [1.54, 1.807) is 12.1 Å². The van der Waals surface area contributed by atoms with Gasteiger partial charge in [0.05, 0.1) is 17.7 Å². The summed E-state index contributed by atoms with van der Waals surface area (Å²) in [6.07, 6.45) is 3.37. The molecule has 180 valence electrons. The fraction of sp³-hybridized carbons (Fsp3) is 0.481. The van der Waals surface area contributed by atoms with Gasteiger partial charge in [-0.15, -0.1) is 0 Å². The molecule has 2 aromatic rings. The van der Waals surface area contributed by atoms with Gasteiger partial charge in [0.1, 0.15) is 0 Å². The predicted octanol–water partition coefficient (Wildman–Crippen LogP) is 8.64. The molecule has 0 spiro atoms. The normalized spacial score (nSPS) is 19.8. The standard InChI is InChI=1S/C27H31F5O/c1-2-3-4-5-20-6-10-22(11-7-20)23-12-16-25(17-13-23)27(31,32)33-19-18-21-8-14-24(15-9-21)26(28,29)30/h2-3,8-9,12-17,20,22H,4-7,10-11,18-19H2,1H3/b3-2+. The first-order chi connectivity index (χ1) is 15.7. The van der Waals surface area contributed by atoms with Crippen LogP contribution in [0.1, 0.15) is 73.6 Å². The minimum absolute atomic E-state index is 0.100. The Labute approximate surface area is 192 Å². The van der Waals surface area contributed by atoms with Crippen LogP contribution in [0.3, 0.4) is 0 Å². The highest BCUT2D eigenvalue weighted by molar-refractivity contribution is 5.28. The third-order valence-corrected chi connectivity index (χ3v) is 6.50. The molecule has 0 saturated heterocycles. The van der Waals surface area contributed by atoms with E-state index < -0.39 is 17.8 Å². The van der Waals surface area contributed by atoms with Crippen molar-refractivity contribution < 1.29 is 26.7 Å². The number of halogens is 5. The molecule has 1 fully saturated rings. The highest BCUT2D eigenvalue weighted by atomic mass is 19.4. The summed E-state index contributed by atoms with van der Waals surface area (Å²) in [5.41, 5.74) is 0.625. The average Bonchev–Trinajstić information content (AvgIpc) is 2.79. The molecule has 1 saturated carbocycles. The molecule has 1 aliphatic rings.